The highest BCUT2D eigenvalue weighted by Crippen LogP contribution is 2.22. The van der Waals surface area contributed by atoms with E-state index in [2.05, 4.69) is 9.71 Å². The average Bonchev–Trinajstić information content (AvgIpc) is 2.89. The third-order valence-electron chi connectivity index (χ3n) is 4.70. The Morgan fingerprint density at radius 2 is 2.12 bits per heavy atom. The Morgan fingerprint density at radius 3 is 2.92 bits per heavy atom. The molecule has 1 saturated heterocycles. The molecule has 3 rings (SSSR count). The maximum absolute atomic E-state index is 12.4. The fourth-order valence-electron chi connectivity index (χ4n) is 3.39. The van der Waals surface area contributed by atoms with Gasteiger partial charge in [-0.3, -0.25) is 14.5 Å². The average molecular weight is 364 g/mol. The van der Waals surface area contributed by atoms with E-state index >= 15 is 0 Å². The van der Waals surface area contributed by atoms with E-state index in [1.807, 2.05) is 4.90 Å². The fourth-order valence-corrected chi connectivity index (χ4v) is 4.64. The maximum atomic E-state index is 12.4. The number of carbonyl (C=O) groups excluding carboxylic acids is 1. The van der Waals surface area contributed by atoms with Crippen molar-refractivity contribution < 1.29 is 13.2 Å². The van der Waals surface area contributed by atoms with Crippen molar-refractivity contribution in [2.45, 2.75) is 43.0 Å². The molecule has 136 valence electrons. The van der Waals surface area contributed by atoms with Crippen LogP contribution < -0.4 is 10.5 Å². The number of nitrogens with zero attached hydrogens (tertiary/aromatic N) is 2. The van der Waals surface area contributed by atoms with Crippen LogP contribution in [0.1, 0.15) is 37.7 Å². The Hall–Kier alpha value is -1.93. The van der Waals surface area contributed by atoms with E-state index in [4.69, 9.17) is 5.73 Å². The van der Waals surface area contributed by atoms with Crippen molar-refractivity contribution in [3.05, 3.63) is 29.8 Å². The molecule has 0 aromatic heterocycles. The van der Waals surface area contributed by atoms with Crippen LogP contribution in [0.15, 0.2) is 34.2 Å². The van der Waals surface area contributed by atoms with Crippen molar-refractivity contribution in [2.24, 2.45) is 10.7 Å². The highest BCUT2D eigenvalue weighted by Gasteiger charge is 2.30. The lowest BCUT2D eigenvalue weighted by molar-refractivity contribution is -0.134. The second-order valence-corrected chi connectivity index (χ2v) is 8.06. The third-order valence-corrected chi connectivity index (χ3v) is 6.10. The van der Waals surface area contributed by atoms with Crippen LogP contribution in [0.4, 0.5) is 0 Å². The van der Waals surface area contributed by atoms with Crippen molar-refractivity contribution in [1.82, 2.24) is 9.62 Å². The monoisotopic (exact) mass is 364 g/mol. The van der Waals surface area contributed by atoms with Gasteiger partial charge in [0.05, 0.1) is 4.90 Å². The topological polar surface area (TPSA) is 105 Å². The Bertz CT molecular complexity index is 776. The highest BCUT2D eigenvalue weighted by atomic mass is 32.2. The van der Waals surface area contributed by atoms with Crippen LogP contribution in [0.2, 0.25) is 0 Å². The summed E-state index contributed by atoms with van der Waals surface area (Å²) in [4.78, 5) is 18.9. The van der Waals surface area contributed by atoms with Gasteiger partial charge in [0.2, 0.25) is 5.91 Å². The molecule has 0 saturated carbocycles. The van der Waals surface area contributed by atoms with E-state index in [1.54, 1.807) is 24.3 Å². The van der Waals surface area contributed by atoms with Gasteiger partial charge in [0.15, 0.2) is 0 Å². The summed E-state index contributed by atoms with van der Waals surface area (Å²) >= 11 is 0. The van der Waals surface area contributed by atoms with E-state index in [0.717, 1.165) is 25.8 Å². The molecule has 1 atom stereocenters. The lowest BCUT2D eigenvalue weighted by Gasteiger charge is -2.35. The molecule has 0 spiro atoms. The summed E-state index contributed by atoms with van der Waals surface area (Å²) in [6.07, 6.45) is 4.12. The highest BCUT2D eigenvalue weighted by molar-refractivity contribution is 7.90. The summed E-state index contributed by atoms with van der Waals surface area (Å²) < 4.78 is 26.5. The number of carbonyl (C=O) groups is 1. The number of likely N-dealkylation sites (tertiary alicyclic amines) is 1. The fraction of sp³-hybridized carbons (Fsp3) is 0.529. The number of piperidine rings is 1. The smallest absolute Gasteiger partial charge is 0.263 e. The van der Waals surface area contributed by atoms with E-state index in [1.165, 1.54) is 0 Å². The SMILES string of the molecule is NCC1CCCCN1C(=O)CCCN=C1NS(=O)(=O)c2ccccc21. The van der Waals surface area contributed by atoms with Gasteiger partial charge in [0.1, 0.15) is 5.84 Å². The van der Waals surface area contributed by atoms with E-state index in [9.17, 15) is 13.2 Å². The minimum atomic E-state index is -3.51. The van der Waals surface area contributed by atoms with Crippen LogP contribution in [0, 0.1) is 0 Å². The van der Waals surface area contributed by atoms with Crippen molar-refractivity contribution in [1.29, 1.82) is 0 Å². The molecule has 1 aromatic carbocycles. The number of sulfonamides is 1. The molecule has 7 nitrogen and oxygen atoms in total. The minimum Gasteiger partial charge on any atom is -0.338 e. The van der Waals surface area contributed by atoms with Crippen LogP contribution in [0.25, 0.3) is 0 Å². The number of rotatable bonds is 5. The van der Waals surface area contributed by atoms with Crippen LogP contribution in [-0.2, 0) is 14.8 Å². The number of hydrogen-bond donors (Lipinski definition) is 2. The zero-order valence-corrected chi connectivity index (χ0v) is 15.0. The number of amides is 1. The standard InChI is InChI=1S/C17H24N4O3S/c18-12-13-6-3-4-11-21(13)16(22)9-5-10-19-17-14-7-1-2-8-15(14)25(23,24)20-17/h1-2,7-8,13H,3-6,9-12,18H2,(H,19,20). The van der Waals surface area contributed by atoms with Crippen LogP contribution >= 0.6 is 0 Å². The number of benzene rings is 1. The van der Waals surface area contributed by atoms with Gasteiger partial charge < -0.3 is 10.6 Å². The molecule has 8 heteroatoms. The molecule has 1 aromatic rings. The predicted molar refractivity (Wildman–Crippen MR) is 95.8 cm³/mol. The second-order valence-electron chi connectivity index (χ2n) is 6.41. The number of hydrogen-bond acceptors (Lipinski definition) is 5. The number of fused-ring (bicyclic) bond motifs is 1. The zero-order valence-electron chi connectivity index (χ0n) is 14.1. The molecule has 1 amide bonds. The van der Waals surface area contributed by atoms with Gasteiger partial charge in [-0.2, -0.15) is 0 Å². The van der Waals surface area contributed by atoms with Crippen molar-refractivity contribution in [3.8, 4) is 0 Å². The van der Waals surface area contributed by atoms with Gasteiger partial charge in [-0.1, -0.05) is 12.1 Å². The van der Waals surface area contributed by atoms with Gasteiger partial charge in [-0.05, 0) is 37.8 Å². The van der Waals surface area contributed by atoms with E-state index in [-0.39, 0.29) is 16.8 Å². The zero-order chi connectivity index (χ0) is 17.9. The number of nitrogens with two attached hydrogens (primary N) is 1. The van der Waals surface area contributed by atoms with Crippen LogP contribution in [-0.4, -0.2) is 50.7 Å². The summed E-state index contributed by atoms with van der Waals surface area (Å²) in [7, 11) is -3.51. The Kier molecular flexibility index (Phi) is 5.39. The van der Waals surface area contributed by atoms with E-state index < -0.39 is 10.0 Å². The van der Waals surface area contributed by atoms with Gasteiger partial charge in [0.25, 0.3) is 10.0 Å². The van der Waals surface area contributed by atoms with Crippen molar-refractivity contribution >= 4 is 21.8 Å². The summed E-state index contributed by atoms with van der Waals surface area (Å²) in [5, 5.41) is 0. The van der Waals surface area contributed by atoms with Gasteiger partial charge in [0, 0.05) is 37.7 Å². The molecule has 0 bridgehead atoms. The first-order valence-electron chi connectivity index (χ1n) is 8.69. The molecule has 0 aliphatic carbocycles. The summed E-state index contributed by atoms with van der Waals surface area (Å²) in [5.41, 5.74) is 6.35. The third kappa shape index (κ3) is 3.85. The first-order chi connectivity index (χ1) is 12.0. The van der Waals surface area contributed by atoms with Crippen molar-refractivity contribution in [2.75, 3.05) is 19.6 Å². The lowest BCUT2D eigenvalue weighted by Crippen LogP contribution is -2.47. The van der Waals surface area contributed by atoms with Gasteiger partial charge in [-0.25, -0.2) is 8.42 Å². The Labute approximate surface area is 148 Å². The lowest BCUT2D eigenvalue weighted by atomic mass is 10.0. The van der Waals surface area contributed by atoms with Gasteiger partial charge in [-0.15, -0.1) is 0 Å². The molecule has 2 aliphatic rings. The largest absolute Gasteiger partial charge is 0.338 e. The molecular formula is C17H24N4O3S. The minimum absolute atomic E-state index is 0.114. The molecule has 25 heavy (non-hydrogen) atoms. The molecule has 1 unspecified atom stereocenters. The number of amidine groups is 1. The maximum Gasteiger partial charge on any atom is 0.263 e. The normalized spacial score (nSPS) is 23.3. The number of nitrogens with one attached hydrogen (secondary N) is 1. The molecule has 0 radical (unpaired) electrons. The first-order valence-corrected chi connectivity index (χ1v) is 10.2. The van der Waals surface area contributed by atoms with E-state index in [0.29, 0.717) is 37.3 Å². The predicted octanol–water partition coefficient (Wildman–Crippen LogP) is 0.845. The Morgan fingerprint density at radius 1 is 1.32 bits per heavy atom. The second kappa shape index (κ2) is 7.53. The molecule has 2 heterocycles. The summed E-state index contributed by atoms with van der Waals surface area (Å²) in [6, 6.07) is 6.92. The summed E-state index contributed by atoms with van der Waals surface area (Å²) in [6.45, 7) is 1.69. The number of aliphatic imine (C=N–C) groups is 1. The van der Waals surface area contributed by atoms with Crippen LogP contribution in [0.5, 0.6) is 0 Å². The van der Waals surface area contributed by atoms with Crippen molar-refractivity contribution in [3.63, 3.8) is 0 Å². The molecule has 1 fully saturated rings. The first kappa shape index (κ1) is 17.9. The summed E-state index contributed by atoms with van der Waals surface area (Å²) in [5.74, 6) is 0.476. The molecular weight excluding hydrogens is 340 g/mol. The Balaban J connectivity index is 1.57. The molecule has 3 N–H and O–H groups in total. The van der Waals surface area contributed by atoms with Crippen LogP contribution in [0.3, 0.4) is 0 Å². The van der Waals surface area contributed by atoms with Gasteiger partial charge >= 0.3 is 0 Å². The quantitative estimate of drug-likeness (QED) is 0.756. The molecule has 2 aliphatic heterocycles.